The number of allylic oxidation sites excluding steroid dienone is 4. The molecule has 1 aliphatic heterocycles. The van der Waals surface area contributed by atoms with E-state index in [-0.39, 0.29) is 0 Å². The molecular formula is C51H34N2O2. The lowest BCUT2D eigenvalue weighted by atomic mass is 9.67. The largest absolute Gasteiger partial charge is 0.449 e. The Morgan fingerprint density at radius 2 is 1.18 bits per heavy atom. The maximum atomic E-state index is 6.88. The van der Waals surface area contributed by atoms with Crippen molar-refractivity contribution >= 4 is 16.5 Å². The summed E-state index contributed by atoms with van der Waals surface area (Å²) in [5, 5.41) is 1.03. The molecule has 55 heavy (non-hydrogen) atoms. The van der Waals surface area contributed by atoms with E-state index < -0.39 is 5.41 Å². The third kappa shape index (κ3) is 4.92. The summed E-state index contributed by atoms with van der Waals surface area (Å²) in [4.78, 5) is 10.0. The van der Waals surface area contributed by atoms with Gasteiger partial charge < -0.3 is 9.47 Å². The maximum Gasteiger partial charge on any atom is 0.177 e. The number of hydrogen-bond donors (Lipinski definition) is 0. The fourth-order valence-electron chi connectivity index (χ4n) is 8.78. The topological polar surface area (TPSA) is 44.2 Å². The molecule has 0 unspecified atom stereocenters. The Kier molecular flexibility index (Phi) is 7.17. The zero-order chi connectivity index (χ0) is 36.3. The van der Waals surface area contributed by atoms with Gasteiger partial charge in [-0.3, -0.25) is 0 Å². The summed E-state index contributed by atoms with van der Waals surface area (Å²) in [5.74, 6) is 3.56. The first-order valence-electron chi connectivity index (χ1n) is 18.9. The smallest absolute Gasteiger partial charge is 0.177 e. The van der Waals surface area contributed by atoms with Crippen molar-refractivity contribution < 1.29 is 9.47 Å². The molecule has 8 aromatic rings. The van der Waals surface area contributed by atoms with E-state index in [2.05, 4.69) is 158 Å². The number of fused-ring (bicyclic) bond motifs is 6. The normalized spacial score (nSPS) is 14.5. The Balaban J connectivity index is 1.00. The molecule has 3 aliphatic rings. The Morgan fingerprint density at radius 1 is 0.491 bits per heavy atom. The van der Waals surface area contributed by atoms with Crippen LogP contribution in [0.2, 0.25) is 0 Å². The van der Waals surface area contributed by atoms with Crippen LogP contribution in [0.15, 0.2) is 182 Å². The molecule has 0 saturated carbocycles. The number of rotatable bonds is 5. The van der Waals surface area contributed by atoms with Gasteiger partial charge in [0.05, 0.1) is 16.6 Å². The summed E-state index contributed by atoms with van der Waals surface area (Å²) in [6.07, 6.45) is 8.61. The van der Waals surface area contributed by atoms with Gasteiger partial charge in [-0.1, -0.05) is 158 Å². The molecule has 11 rings (SSSR count). The van der Waals surface area contributed by atoms with Crippen LogP contribution < -0.4 is 9.47 Å². The summed E-state index contributed by atoms with van der Waals surface area (Å²) in [6.45, 7) is 0. The number of hydrogen-bond acceptors (Lipinski definition) is 4. The third-order valence-electron chi connectivity index (χ3n) is 11.3. The Morgan fingerprint density at radius 3 is 1.96 bits per heavy atom. The summed E-state index contributed by atoms with van der Waals surface area (Å²) < 4.78 is 13.7. The summed E-state index contributed by atoms with van der Waals surface area (Å²) in [5.41, 5.74) is 12.6. The lowest BCUT2D eigenvalue weighted by molar-refractivity contribution is 0.360. The van der Waals surface area contributed by atoms with Gasteiger partial charge in [-0.25, -0.2) is 9.97 Å². The fourth-order valence-corrected chi connectivity index (χ4v) is 8.78. The standard InChI is InChI=1S/C51H34N2O2/c1-4-15-35(16-5-1)50-52-44-25-13-11-22-40(44)48(53-50)34-29-27-33(28-30-34)38-23-14-26-45-49(38)55-46-31-41-39-21-10-12-24-42(39)51(36-17-6-2-7-18-36,37-19-8-3-9-20-37)43(41)32-47(46)54-45/h2-4,6-32H,1,5H2. The van der Waals surface area contributed by atoms with E-state index in [0.717, 1.165) is 63.1 Å². The highest BCUT2D eigenvalue weighted by atomic mass is 16.6. The predicted molar refractivity (Wildman–Crippen MR) is 221 cm³/mol. The van der Waals surface area contributed by atoms with Gasteiger partial charge in [-0.05, 0) is 76.1 Å². The van der Waals surface area contributed by atoms with Gasteiger partial charge in [0.25, 0.3) is 0 Å². The van der Waals surface area contributed by atoms with Crippen LogP contribution in [-0.4, -0.2) is 9.97 Å². The van der Waals surface area contributed by atoms with Crippen LogP contribution in [0.3, 0.4) is 0 Å². The van der Waals surface area contributed by atoms with Crippen LogP contribution >= 0.6 is 0 Å². The van der Waals surface area contributed by atoms with Crippen molar-refractivity contribution in [2.24, 2.45) is 0 Å². The zero-order valence-electron chi connectivity index (χ0n) is 29.9. The van der Waals surface area contributed by atoms with Crippen LogP contribution in [0.25, 0.3) is 50.0 Å². The zero-order valence-corrected chi connectivity index (χ0v) is 29.9. The average Bonchev–Trinajstić information content (AvgIpc) is 3.55. The van der Waals surface area contributed by atoms with Crippen molar-refractivity contribution in [3.8, 4) is 56.5 Å². The van der Waals surface area contributed by atoms with Crippen molar-refractivity contribution in [3.63, 3.8) is 0 Å². The minimum absolute atomic E-state index is 0.517. The van der Waals surface area contributed by atoms with Gasteiger partial charge in [-0.15, -0.1) is 0 Å². The molecule has 0 N–H and O–H groups in total. The van der Waals surface area contributed by atoms with Gasteiger partial charge in [0.15, 0.2) is 28.8 Å². The van der Waals surface area contributed by atoms with E-state index in [0.29, 0.717) is 23.0 Å². The van der Waals surface area contributed by atoms with Gasteiger partial charge in [0.2, 0.25) is 0 Å². The summed E-state index contributed by atoms with van der Waals surface area (Å²) in [7, 11) is 0. The Labute approximate surface area is 319 Å². The molecule has 0 fully saturated rings. The quantitative estimate of drug-likeness (QED) is 0.179. The first kappa shape index (κ1) is 31.5. The number of aromatic nitrogens is 2. The summed E-state index contributed by atoms with van der Waals surface area (Å²) in [6, 6.07) is 57.7. The van der Waals surface area contributed by atoms with Crippen molar-refractivity contribution in [2.45, 2.75) is 18.3 Å². The second-order valence-corrected chi connectivity index (χ2v) is 14.3. The highest BCUT2D eigenvalue weighted by molar-refractivity contribution is 5.94. The molecule has 0 atom stereocenters. The second kappa shape index (κ2) is 12.5. The number of benzene rings is 7. The number of ether oxygens (including phenoxy) is 2. The highest BCUT2D eigenvalue weighted by Crippen LogP contribution is 2.60. The maximum absolute atomic E-state index is 6.88. The molecule has 260 valence electrons. The molecule has 1 aromatic heterocycles. The van der Waals surface area contributed by atoms with E-state index in [1.54, 1.807) is 0 Å². The van der Waals surface area contributed by atoms with Gasteiger partial charge in [0.1, 0.15) is 0 Å². The average molecular weight is 707 g/mol. The Hall–Kier alpha value is -7.04. The van der Waals surface area contributed by atoms with Crippen molar-refractivity contribution in [1.29, 1.82) is 0 Å². The molecule has 0 spiro atoms. The Bertz CT molecular complexity index is 2820. The minimum Gasteiger partial charge on any atom is -0.449 e. The summed E-state index contributed by atoms with van der Waals surface area (Å²) >= 11 is 0. The predicted octanol–water partition coefficient (Wildman–Crippen LogP) is 13.0. The lowest BCUT2D eigenvalue weighted by Gasteiger charge is -2.34. The molecule has 4 nitrogen and oxygen atoms in total. The molecule has 0 amide bonds. The minimum atomic E-state index is -0.517. The molecule has 0 bridgehead atoms. The number of nitrogens with zero attached hydrogens (tertiary/aromatic N) is 2. The van der Waals surface area contributed by atoms with E-state index in [9.17, 15) is 0 Å². The van der Waals surface area contributed by atoms with E-state index in [1.807, 2.05) is 24.3 Å². The second-order valence-electron chi connectivity index (χ2n) is 14.3. The molecule has 7 aromatic carbocycles. The first-order valence-corrected chi connectivity index (χ1v) is 18.9. The van der Waals surface area contributed by atoms with Crippen molar-refractivity contribution in [1.82, 2.24) is 9.97 Å². The fraction of sp³-hybridized carbons (Fsp3) is 0.0588. The first-order chi connectivity index (χ1) is 27.3. The van der Waals surface area contributed by atoms with Gasteiger partial charge in [0, 0.05) is 22.1 Å². The van der Waals surface area contributed by atoms with Crippen LogP contribution in [0.4, 0.5) is 0 Å². The third-order valence-corrected chi connectivity index (χ3v) is 11.3. The molecule has 2 aliphatic carbocycles. The SMILES string of the molecule is C1=CC(c2nc(-c3ccc(-c4cccc5c4Oc4cc6c(cc4O5)C(c4ccccc4)(c4ccccc4)c4ccccc4-6)cc3)c3ccccc3n2)=CCC1. The van der Waals surface area contributed by atoms with Crippen molar-refractivity contribution in [3.05, 3.63) is 210 Å². The van der Waals surface area contributed by atoms with Crippen LogP contribution in [0, 0.1) is 0 Å². The van der Waals surface area contributed by atoms with Crippen molar-refractivity contribution in [2.75, 3.05) is 0 Å². The van der Waals surface area contributed by atoms with Gasteiger partial charge in [-0.2, -0.15) is 0 Å². The van der Waals surface area contributed by atoms with E-state index in [1.165, 1.54) is 27.8 Å². The van der Waals surface area contributed by atoms with E-state index in [4.69, 9.17) is 19.4 Å². The van der Waals surface area contributed by atoms with Crippen LogP contribution in [0.1, 0.15) is 40.9 Å². The molecule has 4 heteroatoms. The van der Waals surface area contributed by atoms with Crippen LogP contribution in [-0.2, 0) is 5.41 Å². The molecular weight excluding hydrogens is 673 g/mol. The molecule has 0 radical (unpaired) electrons. The number of para-hydroxylation sites is 2. The molecule has 2 heterocycles. The highest BCUT2D eigenvalue weighted by Gasteiger charge is 2.47. The molecule has 0 saturated heterocycles. The lowest BCUT2D eigenvalue weighted by Crippen LogP contribution is -2.28. The van der Waals surface area contributed by atoms with Gasteiger partial charge >= 0.3 is 0 Å². The van der Waals surface area contributed by atoms with E-state index >= 15 is 0 Å². The monoisotopic (exact) mass is 706 g/mol. The van der Waals surface area contributed by atoms with Crippen LogP contribution in [0.5, 0.6) is 23.0 Å².